The van der Waals surface area contributed by atoms with Crippen LogP contribution < -0.4 is 11.1 Å². The van der Waals surface area contributed by atoms with Crippen LogP contribution in [0.5, 0.6) is 0 Å². The number of nitrogen functional groups attached to an aromatic ring is 1. The zero-order chi connectivity index (χ0) is 22.7. The minimum absolute atomic E-state index is 0.0326. The summed E-state index contributed by atoms with van der Waals surface area (Å²) in [5.41, 5.74) is 8.62. The Kier molecular flexibility index (Phi) is 6.43. The van der Waals surface area contributed by atoms with E-state index in [0.29, 0.717) is 17.8 Å². The number of nitrogens with two attached hydrogens (primary N) is 1. The molecule has 4 rings (SSSR count). The van der Waals surface area contributed by atoms with Crippen molar-refractivity contribution in [2.75, 3.05) is 11.1 Å². The number of amides is 1. The standard InChI is InChI=1S/C24H27N5O3/c1-3-16-14(2)32-21(11-20(16)30)17-9-10-26-12-19(17)29-24(31)22-23(25)27-13-18(28-22)15-7-5-4-6-8-15/h4-10,12-14,16,20-21,30H,3,11H2,1-2H3,(H2,25,27)(H,29,31)/t14-,16+,20-,21-/m1/s1. The Morgan fingerprint density at radius 1 is 1.25 bits per heavy atom. The quantitative estimate of drug-likeness (QED) is 0.561. The van der Waals surface area contributed by atoms with E-state index < -0.39 is 12.0 Å². The van der Waals surface area contributed by atoms with E-state index in [1.165, 1.54) is 0 Å². The van der Waals surface area contributed by atoms with Crippen LogP contribution in [0.4, 0.5) is 11.5 Å². The fourth-order valence-corrected chi connectivity index (χ4v) is 4.21. The topological polar surface area (TPSA) is 123 Å². The number of nitrogens with one attached hydrogen (secondary N) is 1. The van der Waals surface area contributed by atoms with Crippen molar-refractivity contribution in [2.45, 2.75) is 45.0 Å². The van der Waals surface area contributed by atoms with Gasteiger partial charge >= 0.3 is 0 Å². The molecule has 8 heteroatoms. The van der Waals surface area contributed by atoms with E-state index in [4.69, 9.17) is 10.5 Å². The maximum atomic E-state index is 13.1. The Morgan fingerprint density at radius 2 is 2.03 bits per heavy atom. The molecule has 3 heterocycles. The number of ether oxygens (including phenoxy) is 1. The summed E-state index contributed by atoms with van der Waals surface area (Å²) in [6, 6.07) is 11.2. The molecular weight excluding hydrogens is 406 g/mol. The normalized spacial score (nSPS) is 23.0. The number of rotatable bonds is 5. The van der Waals surface area contributed by atoms with Crippen molar-refractivity contribution in [3.05, 3.63) is 66.2 Å². The van der Waals surface area contributed by atoms with Gasteiger partial charge in [-0.3, -0.25) is 9.78 Å². The number of carbonyl (C=O) groups is 1. The highest BCUT2D eigenvalue weighted by Crippen LogP contribution is 2.38. The number of aromatic nitrogens is 3. The molecule has 0 spiro atoms. The fourth-order valence-electron chi connectivity index (χ4n) is 4.21. The molecule has 32 heavy (non-hydrogen) atoms. The van der Waals surface area contributed by atoms with Gasteiger partial charge in [-0.25, -0.2) is 9.97 Å². The van der Waals surface area contributed by atoms with Crippen LogP contribution in [0.1, 0.15) is 48.8 Å². The van der Waals surface area contributed by atoms with E-state index in [1.54, 1.807) is 24.7 Å². The van der Waals surface area contributed by atoms with E-state index in [0.717, 1.165) is 17.5 Å². The van der Waals surface area contributed by atoms with Crippen molar-refractivity contribution in [3.8, 4) is 11.3 Å². The van der Waals surface area contributed by atoms with Gasteiger partial charge in [-0.1, -0.05) is 37.3 Å². The maximum absolute atomic E-state index is 13.1. The molecule has 1 aliphatic rings. The summed E-state index contributed by atoms with van der Waals surface area (Å²) in [5, 5.41) is 13.4. The maximum Gasteiger partial charge on any atom is 0.278 e. The third-order valence-corrected chi connectivity index (χ3v) is 5.94. The molecule has 0 saturated carbocycles. The van der Waals surface area contributed by atoms with Crippen molar-refractivity contribution < 1.29 is 14.6 Å². The number of carbonyl (C=O) groups excluding carboxylic acids is 1. The van der Waals surface area contributed by atoms with Gasteiger partial charge in [-0.15, -0.1) is 0 Å². The minimum atomic E-state index is -0.488. The van der Waals surface area contributed by atoms with Crippen LogP contribution in [0.3, 0.4) is 0 Å². The second kappa shape index (κ2) is 9.42. The molecular formula is C24H27N5O3. The molecule has 0 unspecified atom stereocenters. The Bertz CT molecular complexity index is 1080. The van der Waals surface area contributed by atoms with Gasteiger partial charge in [0.05, 0.1) is 42.1 Å². The van der Waals surface area contributed by atoms with Crippen LogP contribution in [0.15, 0.2) is 55.0 Å². The molecule has 2 aromatic heterocycles. The molecule has 3 aromatic rings. The summed E-state index contributed by atoms with van der Waals surface area (Å²) < 4.78 is 6.18. The number of benzene rings is 1. The van der Waals surface area contributed by atoms with Crippen molar-refractivity contribution >= 4 is 17.4 Å². The van der Waals surface area contributed by atoms with E-state index in [-0.39, 0.29) is 29.6 Å². The molecule has 1 saturated heterocycles. The SMILES string of the molecule is CC[C@@H]1[C@H](O)C[C@H](c2ccncc2NC(=O)c2nc(-c3ccccc3)cnc2N)O[C@@H]1C. The van der Waals surface area contributed by atoms with E-state index in [9.17, 15) is 9.90 Å². The summed E-state index contributed by atoms with van der Waals surface area (Å²) in [4.78, 5) is 25.8. The fraction of sp³-hybridized carbons (Fsp3) is 0.333. The average molecular weight is 434 g/mol. The molecule has 1 fully saturated rings. The predicted molar refractivity (Wildman–Crippen MR) is 122 cm³/mol. The first-order valence-corrected chi connectivity index (χ1v) is 10.7. The average Bonchev–Trinajstić information content (AvgIpc) is 2.80. The van der Waals surface area contributed by atoms with Gasteiger partial charge in [0.2, 0.25) is 0 Å². The minimum Gasteiger partial charge on any atom is -0.393 e. The van der Waals surface area contributed by atoms with Gasteiger partial charge in [-0.2, -0.15) is 0 Å². The van der Waals surface area contributed by atoms with E-state index in [2.05, 4.69) is 20.3 Å². The highest BCUT2D eigenvalue weighted by molar-refractivity contribution is 6.06. The van der Waals surface area contributed by atoms with Gasteiger partial charge in [0.1, 0.15) is 0 Å². The van der Waals surface area contributed by atoms with Crippen molar-refractivity contribution in [2.24, 2.45) is 5.92 Å². The molecule has 0 aliphatic carbocycles. The highest BCUT2D eigenvalue weighted by Gasteiger charge is 2.36. The lowest BCUT2D eigenvalue weighted by Crippen LogP contribution is -2.39. The zero-order valence-electron chi connectivity index (χ0n) is 18.1. The Hall–Kier alpha value is -3.36. The monoisotopic (exact) mass is 433 g/mol. The predicted octanol–water partition coefficient (Wildman–Crippen LogP) is 3.61. The first-order valence-electron chi connectivity index (χ1n) is 10.7. The zero-order valence-corrected chi connectivity index (χ0v) is 18.1. The van der Waals surface area contributed by atoms with Crippen LogP contribution in [0, 0.1) is 5.92 Å². The Labute approximate surface area is 186 Å². The number of pyridine rings is 1. The Morgan fingerprint density at radius 3 is 2.75 bits per heavy atom. The summed E-state index contributed by atoms with van der Waals surface area (Å²) in [5.74, 6) is -0.365. The Balaban J connectivity index is 1.59. The largest absolute Gasteiger partial charge is 0.393 e. The first kappa shape index (κ1) is 21.9. The molecule has 8 nitrogen and oxygen atoms in total. The molecule has 166 valence electrons. The van der Waals surface area contributed by atoms with Crippen LogP contribution in [0.2, 0.25) is 0 Å². The number of aliphatic hydroxyl groups is 1. The summed E-state index contributed by atoms with van der Waals surface area (Å²) in [7, 11) is 0. The molecule has 1 aromatic carbocycles. The van der Waals surface area contributed by atoms with E-state index >= 15 is 0 Å². The lowest BCUT2D eigenvalue weighted by molar-refractivity contribution is -0.131. The molecule has 0 radical (unpaired) electrons. The number of aliphatic hydroxyl groups excluding tert-OH is 1. The number of nitrogens with zero attached hydrogens (tertiary/aromatic N) is 3. The number of anilines is 2. The number of hydrogen-bond donors (Lipinski definition) is 3. The van der Waals surface area contributed by atoms with Gasteiger partial charge in [0, 0.05) is 29.7 Å². The van der Waals surface area contributed by atoms with E-state index in [1.807, 2.05) is 44.2 Å². The molecule has 1 amide bonds. The number of hydrogen-bond acceptors (Lipinski definition) is 7. The van der Waals surface area contributed by atoms with Crippen molar-refractivity contribution in [1.29, 1.82) is 0 Å². The highest BCUT2D eigenvalue weighted by atomic mass is 16.5. The van der Waals surface area contributed by atoms with Crippen LogP contribution >= 0.6 is 0 Å². The molecule has 0 bridgehead atoms. The summed E-state index contributed by atoms with van der Waals surface area (Å²) in [6.07, 6.45) is 5.08. The van der Waals surface area contributed by atoms with Gasteiger partial charge in [0.15, 0.2) is 11.5 Å². The van der Waals surface area contributed by atoms with Crippen LogP contribution in [0.25, 0.3) is 11.3 Å². The third kappa shape index (κ3) is 4.46. The van der Waals surface area contributed by atoms with Crippen molar-refractivity contribution in [3.63, 3.8) is 0 Å². The summed E-state index contributed by atoms with van der Waals surface area (Å²) in [6.45, 7) is 4.01. The van der Waals surface area contributed by atoms with Crippen molar-refractivity contribution in [1.82, 2.24) is 15.0 Å². The van der Waals surface area contributed by atoms with Gasteiger partial charge < -0.3 is 20.9 Å². The van der Waals surface area contributed by atoms with Crippen LogP contribution in [-0.2, 0) is 4.74 Å². The third-order valence-electron chi connectivity index (χ3n) is 5.94. The molecule has 4 N–H and O–H groups in total. The lowest BCUT2D eigenvalue weighted by Gasteiger charge is -2.38. The smallest absolute Gasteiger partial charge is 0.278 e. The second-order valence-corrected chi connectivity index (χ2v) is 7.98. The van der Waals surface area contributed by atoms with Gasteiger partial charge in [0.25, 0.3) is 5.91 Å². The first-order chi connectivity index (χ1) is 15.5. The molecule has 1 aliphatic heterocycles. The van der Waals surface area contributed by atoms with Gasteiger partial charge in [-0.05, 0) is 19.4 Å². The lowest BCUT2D eigenvalue weighted by atomic mass is 9.85. The molecule has 4 atom stereocenters. The summed E-state index contributed by atoms with van der Waals surface area (Å²) >= 11 is 0. The second-order valence-electron chi connectivity index (χ2n) is 7.98. The van der Waals surface area contributed by atoms with Crippen LogP contribution in [-0.4, -0.2) is 38.2 Å².